The van der Waals surface area contributed by atoms with E-state index in [2.05, 4.69) is 67.5 Å². The molecule has 0 fully saturated rings. The van der Waals surface area contributed by atoms with Gasteiger partial charge in [-0.05, 0) is 41.4 Å². The second kappa shape index (κ2) is 34.9. The van der Waals surface area contributed by atoms with Crippen LogP contribution in [-0.2, 0) is 31.0 Å². The van der Waals surface area contributed by atoms with Crippen LogP contribution >= 0.6 is 8.25 Å². The topological polar surface area (TPSA) is 44.8 Å². The highest BCUT2D eigenvalue weighted by atomic mass is 31.1. The van der Waals surface area contributed by atoms with E-state index in [1.807, 2.05) is 0 Å². The summed E-state index contributed by atoms with van der Waals surface area (Å²) in [6.45, 7) is 19.6. The van der Waals surface area contributed by atoms with Crippen molar-refractivity contribution in [2.24, 2.45) is 0 Å². The van der Waals surface area contributed by atoms with Gasteiger partial charge in [-0.3, -0.25) is 0 Å². The Morgan fingerprint density at radius 1 is 0.411 bits per heavy atom. The van der Waals surface area contributed by atoms with Crippen LogP contribution in [0.1, 0.15) is 278 Å². The Morgan fingerprint density at radius 3 is 1.00 bits per heavy atom. The van der Waals surface area contributed by atoms with Gasteiger partial charge in [-0.1, -0.05) is 248 Å². The fraction of sp³-hybridized carbons (Fsp3) is 0.882. The molecule has 0 aliphatic rings. The van der Waals surface area contributed by atoms with Crippen molar-refractivity contribution < 1.29 is 18.3 Å². The second-order valence-electron chi connectivity index (χ2n) is 19.3. The quantitative estimate of drug-likeness (QED) is 0.0491. The normalized spacial score (nSPS) is 12.5. The fourth-order valence-corrected chi connectivity index (χ4v) is 8.43. The Kier molecular flexibility index (Phi) is 33.0. The molecule has 1 rings (SSSR count). The lowest BCUT2D eigenvalue weighted by Crippen LogP contribution is -2.21. The molecule has 1 atom stereocenters. The highest BCUT2D eigenvalue weighted by Gasteiger charge is 2.29. The maximum Gasteiger partial charge on any atom is 0.697 e. The van der Waals surface area contributed by atoms with Gasteiger partial charge >= 0.3 is 8.25 Å². The zero-order chi connectivity index (χ0) is 41.2. The van der Waals surface area contributed by atoms with Crippen molar-refractivity contribution in [2.45, 2.75) is 278 Å². The first-order chi connectivity index (χ1) is 27.0. The van der Waals surface area contributed by atoms with Crippen LogP contribution in [0.25, 0.3) is 0 Å². The average molecular weight is 804 g/mol. The SMILES string of the molecule is CCCCCCCCCCCCCCCCCCOc1c(C(C)(C)C)cc(CO[P+](=O)OCCCCCCCCCCCCCCCCCC)cc1C(C)(C)C. The molecule has 0 amide bonds. The molecule has 0 radical (unpaired) electrons. The van der Waals surface area contributed by atoms with Gasteiger partial charge in [0.2, 0.25) is 0 Å². The first kappa shape index (κ1) is 53.1. The molecule has 328 valence electrons. The molecule has 0 N–H and O–H groups in total. The summed E-state index contributed by atoms with van der Waals surface area (Å²) in [6, 6.07) is 4.41. The largest absolute Gasteiger partial charge is 0.697 e. The molecule has 56 heavy (non-hydrogen) atoms. The molecule has 0 heterocycles. The predicted molar refractivity (Wildman–Crippen MR) is 247 cm³/mol. The second-order valence-corrected chi connectivity index (χ2v) is 20.3. The van der Waals surface area contributed by atoms with Crippen molar-refractivity contribution in [3.8, 4) is 5.75 Å². The van der Waals surface area contributed by atoms with E-state index in [0.717, 1.165) is 37.2 Å². The van der Waals surface area contributed by atoms with E-state index in [-0.39, 0.29) is 17.4 Å². The van der Waals surface area contributed by atoms with Gasteiger partial charge < -0.3 is 4.74 Å². The van der Waals surface area contributed by atoms with E-state index in [0.29, 0.717) is 6.61 Å². The van der Waals surface area contributed by atoms with Gasteiger partial charge in [-0.25, -0.2) is 0 Å². The predicted octanol–water partition coefficient (Wildman–Crippen LogP) is 18.4. The summed E-state index contributed by atoms with van der Waals surface area (Å²) in [4.78, 5) is 0. The van der Waals surface area contributed by atoms with Crippen LogP contribution in [0.4, 0.5) is 0 Å². The van der Waals surface area contributed by atoms with Crippen LogP contribution in [0, 0.1) is 0 Å². The zero-order valence-corrected chi connectivity index (χ0v) is 39.9. The Balaban J connectivity index is 2.30. The fourth-order valence-electron chi connectivity index (χ4n) is 7.82. The molecule has 0 saturated carbocycles. The van der Waals surface area contributed by atoms with E-state index in [9.17, 15) is 4.57 Å². The molecule has 0 aliphatic heterocycles. The van der Waals surface area contributed by atoms with Crippen LogP contribution in [0.3, 0.4) is 0 Å². The maximum atomic E-state index is 12.7. The molecule has 0 aromatic heterocycles. The Morgan fingerprint density at radius 2 is 0.696 bits per heavy atom. The number of unbranched alkanes of at least 4 members (excludes halogenated alkanes) is 30. The van der Waals surface area contributed by atoms with Gasteiger partial charge in [0, 0.05) is 15.7 Å². The molecule has 0 saturated heterocycles. The highest BCUT2D eigenvalue weighted by Crippen LogP contribution is 2.41. The Labute approximate surface area is 351 Å². The Hall–Kier alpha value is -0.960. The molecule has 0 aliphatic carbocycles. The number of rotatable bonds is 39. The summed E-state index contributed by atoms with van der Waals surface area (Å²) in [5.41, 5.74) is 3.25. The van der Waals surface area contributed by atoms with Gasteiger partial charge in [-0.15, -0.1) is 9.05 Å². The number of hydrogen-bond acceptors (Lipinski definition) is 4. The van der Waals surface area contributed by atoms with Crippen molar-refractivity contribution in [2.75, 3.05) is 13.2 Å². The van der Waals surface area contributed by atoms with Gasteiger partial charge in [0.25, 0.3) is 0 Å². The summed E-state index contributed by atoms with van der Waals surface area (Å²) in [7, 11) is -2.14. The van der Waals surface area contributed by atoms with Crippen LogP contribution in [0.5, 0.6) is 5.75 Å². The molecule has 5 heteroatoms. The van der Waals surface area contributed by atoms with Gasteiger partial charge in [-0.2, -0.15) is 0 Å². The Bertz CT molecular complexity index is 1020. The smallest absolute Gasteiger partial charge is 0.493 e. The van der Waals surface area contributed by atoms with E-state index in [1.54, 1.807) is 0 Å². The third-order valence-electron chi connectivity index (χ3n) is 11.5. The molecular weight excluding hydrogens is 708 g/mol. The molecular formula is C51H96O4P+. The highest BCUT2D eigenvalue weighted by molar-refractivity contribution is 7.33. The summed E-state index contributed by atoms with van der Waals surface area (Å²) < 4.78 is 30.7. The van der Waals surface area contributed by atoms with E-state index in [4.69, 9.17) is 13.8 Å². The lowest BCUT2D eigenvalue weighted by Gasteiger charge is -2.30. The summed E-state index contributed by atoms with van der Waals surface area (Å²) in [6.07, 6.45) is 43.4. The average Bonchev–Trinajstić information content (AvgIpc) is 3.15. The van der Waals surface area contributed by atoms with E-state index in [1.165, 1.54) is 197 Å². The minimum absolute atomic E-state index is 0.0914. The van der Waals surface area contributed by atoms with Crippen LogP contribution in [0.2, 0.25) is 0 Å². The first-order valence-corrected chi connectivity index (χ1v) is 25.6. The van der Waals surface area contributed by atoms with E-state index < -0.39 is 8.25 Å². The van der Waals surface area contributed by atoms with E-state index >= 15 is 0 Å². The summed E-state index contributed by atoms with van der Waals surface area (Å²) in [5.74, 6) is 1.03. The summed E-state index contributed by atoms with van der Waals surface area (Å²) >= 11 is 0. The minimum Gasteiger partial charge on any atom is -0.493 e. The van der Waals surface area contributed by atoms with Gasteiger partial charge in [0.05, 0.1) is 6.61 Å². The molecule has 1 aromatic carbocycles. The molecule has 1 unspecified atom stereocenters. The number of ether oxygens (including phenoxy) is 1. The molecule has 1 aromatic rings. The van der Waals surface area contributed by atoms with Crippen molar-refractivity contribution in [3.05, 3.63) is 28.8 Å². The van der Waals surface area contributed by atoms with Gasteiger partial charge in [0.15, 0.2) is 0 Å². The third-order valence-corrected chi connectivity index (χ3v) is 12.3. The van der Waals surface area contributed by atoms with Crippen LogP contribution < -0.4 is 4.74 Å². The molecule has 0 spiro atoms. The number of hydrogen-bond donors (Lipinski definition) is 0. The lowest BCUT2D eigenvalue weighted by atomic mass is 9.78. The van der Waals surface area contributed by atoms with Crippen molar-refractivity contribution in [1.29, 1.82) is 0 Å². The van der Waals surface area contributed by atoms with Gasteiger partial charge in [0.1, 0.15) is 19.0 Å². The van der Waals surface area contributed by atoms with Crippen LogP contribution in [-0.4, -0.2) is 13.2 Å². The third kappa shape index (κ3) is 29.3. The molecule has 0 bridgehead atoms. The van der Waals surface area contributed by atoms with Crippen LogP contribution in [0.15, 0.2) is 12.1 Å². The standard InChI is InChI=1S/C51H96O4P/c1-9-11-13-15-17-19-21-23-25-27-29-31-33-35-37-39-41-53-49-47(50(3,4)5)43-46(44-48(49)51(6,7)8)45-55-56(52)54-42-40-38-36-34-32-30-28-26-24-22-20-18-16-14-12-10-2/h43-44H,9-42,45H2,1-8H3/q+1. The van der Waals surface area contributed by atoms with Crippen molar-refractivity contribution >= 4 is 8.25 Å². The first-order valence-electron chi connectivity index (χ1n) is 24.5. The zero-order valence-electron chi connectivity index (χ0n) is 39.0. The molecule has 4 nitrogen and oxygen atoms in total. The monoisotopic (exact) mass is 804 g/mol. The van der Waals surface area contributed by atoms with Crippen molar-refractivity contribution in [1.82, 2.24) is 0 Å². The summed E-state index contributed by atoms with van der Waals surface area (Å²) in [5, 5.41) is 0. The maximum absolute atomic E-state index is 12.7. The minimum atomic E-state index is -2.14. The number of benzene rings is 1. The lowest BCUT2D eigenvalue weighted by molar-refractivity contribution is 0.215. The van der Waals surface area contributed by atoms with Crippen molar-refractivity contribution in [3.63, 3.8) is 0 Å².